The fraction of sp³-hybridized carbons (Fsp3) is 0.632. The summed E-state index contributed by atoms with van der Waals surface area (Å²) in [6.45, 7) is 11.0. The van der Waals surface area contributed by atoms with Gasteiger partial charge in [-0.25, -0.2) is 0 Å². The van der Waals surface area contributed by atoms with Crippen molar-refractivity contribution in [2.75, 3.05) is 32.5 Å². The number of aliphatic imine (C=N–C) groups is 1. The second kappa shape index (κ2) is 12.0. The number of hydrogen-bond donors (Lipinski definition) is 1. The van der Waals surface area contributed by atoms with Crippen LogP contribution < -0.4 is 5.32 Å². The molecule has 6 heteroatoms. The van der Waals surface area contributed by atoms with Crippen molar-refractivity contribution in [2.24, 2.45) is 10.9 Å². The zero-order valence-electron chi connectivity index (χ0n) is 15.8. The highest BCUT2D eigenvalue weighted by Gasteiger charge is 2.24. The monoisotopic (exact) mass is 477 g/mol. The summed E-state index contributed by atoms with van der Waals surface area (Å²) in [5.74, 6) is 2.87. The van der Waals surface area contributed by atoms with E-state index in [1.165, 1.54) is 16.9 Å². The molecule has 1 heterocycles. The van der Waals surface area contributed by atoms with Gasteiger partial charge in [-0.3, -0.25) is 4.99 Å². The van der Waals surface area contributed by atoms with E-state index in [1.807, 2.05) is 14.0 Å². The lowest BCUT2D eigenvalue weighted by molar-refractivity contribution is 0.133. The molecule has 1 fully saturated rings. The van der Waals surface area contributed by atoms with Crippen LogP contribution in [0.2, 0.25) is 0 Å². The topological polar surface area (TPSA) is 36.9 Å². The number of nitrogens with one attached hydrogen (secondary N) is 1. The first-order valence-electron chi connectivity index (χ1n) is 8.87. The number of benzene rings is 1. The Bertz CT molecular complexity index is 539. The summed E-state index contributed by atoms with van der Waals surface area (Å²) in [6, 6.07) is 8.46. The number of halogens is 1. The molecule has 0 spiro atoms. The van der Waals surface area contributed by atoms with Crippen LogP contribution in [0.15, 0.2) is 29.3 Å². The summed E-state index contributed by atoms with van der Waals surface area (Å²) in [5.41, 5.74) is 2.52. The maximum absolute atomic E-state index is 5.58. The van der Waals surface area contributed by atoms with E-state index in [1.54, 1.807) is 0 Å². The highest BCUT2D eigenvalue weighted by Crippen LogP contribution is 2.24. The molecule has 1 unspecified atom stereocenters. The highest BCUT2D eigenvalue weighted by molar-refractivity contribution is 14.0. The molecule has 0 bridgehead atoms. The molecular weight excluding hydrogens is 445 g/mol. The van der Waals surface area contributed by atoms with Crippen LogP contribution in [0, 0.1) is 5.92 Å². The Morgan fingerprint density at radius 2 is 2.08 bits per heavy atom. The Hall–Kier alpha value is -0.470. The summed E-state index contributed by atoms with van der Waals surface area (Å²) in [4.78, 5) is 6.90. The third-order valence-electron chi connectivity index (χ3n) is 4.37. The molecular formula is C19H32IN3OS. The van der Waals surface area contributed by atoms with E-state index in [9.17, 15) is 0 Å². The van der Waals surface area contributed by atoms with Crippen molar-refractivity contribution in [1.82, 2.24) is 10.2 Å². The van der Waals surface area contributed by atoms with Crippen molar-refractivity contribution in [2.45, 2.75) is 39.2 Å². The molecule has 0 aliphatic carbocycles. The predicted octanol–water partition coefficient (Wildman–Crippen LogP) is 3.99. The summed E-state index contributed by atoms with van der Waals surface area (Å²) in [7, 11) is 1.88. The molecule has 142 valence electrons. The molecule has 1 N–H and O–H groups in total. The zero-order valence-corrected chi connectivity index (χ0v) is 19.0. The normalized spacial score (nSPS) is 18.2. The van der Waals surface area contributed by atoms with Gasteiger partial charge in [-0.15, -0.1) is 24.0 Å². The van der Waals surface area contributed by atoms with E-state index in [4.69, 9.17) is 4.74 Å². The van der Waals surface area contributed by atoms with Crippen LogP contribution in [0.1, 0.15) is 31.9 Å². The lowest BCUT2D eigenvalue weighted by Gasteiger charge is -2.36. The van der Waals surface area contributed by atoms with Gasteiger partial charge in [0, 0.05) is 44.3 Å². The molecule has 1 atom stereocenters. The smallest absolute Gasteiger partial charge is 0.193 e. The first-order valence-corrected chi connectivity index (χ1v) is 9.92. The van der Waals surface area contributed by atoms with Gasteiger partial charge in [-0.05, 0) is 24.0 Å². The van der Waals surface area contributed by atoms with Crippen molar-refractivity contribution >= 4 is 41.7 Å². The van der Waals surface area contributed by atoms with E-state index in [0.29, 0.717) is 17.8 Å². The second-order valence-electron chi connectivity index (χ2n) is 6.41. The van der Waals surface area contributed by atoms with Crippen molar-refractivity contribution in [1.29, 1.82) is 0 Å². The molecule has 1 aromatic rings. The van der Waals surface area contributed by atoms with Crippen molar-refractivity contribution in [3.05, 3.63) is 35.4 Å². The maximum atomic E-state index is 5.58. The lowest BCUT2D eigenvalue weighted by Crippen LogP contribution is -2.48. The molecule has 0 radical (unpaired) electrons. The van der Waals surface area contributed by atoms with E-state index < -0.39 is 0 Å². The molecule has 1 aromatic carbocycles. The molecule has 0 saturated carbocycles. The zero-order chi connectivity index (χ0) is 17.4. The SMILES string of the molecule is CCOCc1ccccc1CNC(=NC)N1CCSC(C(C)C)C1.I. The largest absolute Gasteiger partial charge is 0.377 e. The Balaban J connectivity index is 0.00000312. The Morgan fingerprint density at radius 3 is 2.72 bits per heavy atom. The van der Waals surface area contributed by atoms with Gasteiger partial charge in [0.15, 0.2) is 5.96 Å². The predicted molar refractivity (Wildman–Crippen MR) is 120 cm³/mol. The van der Waals surface area contributed by atoms with E-state index in [-0.39, 0.29) is 24.0 Å². The van der Waals surface area contributed by atoms with E-state index in [2.05, 4.69) is 65.1 Å². The molecule has 4 nitrogen and oxygen atoms in total. The fourth-order valence-electron chi connectivity index (χ4n) is 2.86. The van der Waals surface area contributed by atoms with Crippen LogP contribution in [0.3, 0.4) is 0 Å². The Labute approximate surface area is 174 Å². The van der Waals surface area contributed by atoms with Gasteiger partial charge in [0.2, 0.25) is 0 Å². The number of guanidine groups is 1. The first-order chi connectivity index (χ1) is 11.7. The molecule has 0 aromatic heterocycles. The second-order valence-corrected chi connectivity index (χ2v) is 7.75. The van der Waals surface area contributed by atoms with E-state index in [0.717, 1.165) is 32.2 Å². The lowest BCUT2D eigenvalue weighted by atomic mass is 10.1. The fourth-order valence-corrected chi connectivity index (χ4v) is 4.16. The van der Waals surface area contributed by atoms with Gasteiger partial charge >= 0.3 is 0 Å². The van der Waals surface area contributed by atoms with Crippen LogP contribution in [0.5, 0.6) is 0 Å². The van der Waals surface area contributed by atoms with Crippen LogP contribution in [0.4, 0.5) is 0 Å². The minimum absolute atomic E-state index is 0. The van der Waals surface area contributed by atoms with Crippen molar-refractivity contribution in [3.63, 3.8) is 0 Å². The summed E-state index contributed by atoms with van der Waals surface area (Å²) in [5, 5.41) is 4.23. The number of hydrogen-bond acceptors (Lipinski definition) is 3. The maximum Gasteiger partial charge on any atom is 0.193 e. The van der Waals surface area contributed by atoms with Gasteiger partial charge in [0.25, 0.3) is 0 Å². The molecule has 1 aliphatic heterocycles. The van der Waals surface area contributed by atoms with Gasteiger partial charge in [-0.1, -0.05) is 38.1 Å². The summed E-state index contributed by atoms with van der Waals surface area (Å²) >= 11 is 2.09. The molecule has 2 rings (SSSR count). The number of rotatable bonds is 6. The third-order valence-corrected chi connectivity index (χ3v) is 5.91. The number of nitrogens with zero attached hydrogens (tertiary/aromatic N) is 2. The molecule has 1 saturated heterocycles. The van der Waals surface area contributed by atoms with Gasteiger partial charge in [-0.2, -0.15) is 11.8 Å². The number of thioether (sulfide) groups is 1. The third kappa shape index (κ3) is 6.98. The number of ether oxygens (including phenoxy) is 1. The quantitative estimate of drug-likeness (QED) is 0.382. The summed E-state index contributed by atoms with van der Waals surface area (Å²) in [6.07, 6.45) is 0. The van der Waals surface area contributed by atoms with Crippen LogP contribution >= 0.6 is 35.7 Å². The summed E-state index contributed by atoms with van der Waals surface area (Å²) < 4.78 is 5.58. The van der Waals surface area contributed by atoms with Gasteiger partial charge in [0.1, 0.15) is 0 Å². The van der Waals surface area contributed by atoms with Crippen molar-refractivity contribution < 1.29 is 4.74 Å². The average Bonchev–Trinajstić information content (AvgIpc) is 2.61. The van der Waals surface area contributed by atoms with Crippen LogP contribution in [-0.4, -0.2) is 48.6 Å². The standard InChI is InChI=1S/C19H31N3OS.HI/c1-5-23-14-17-9-7-6-8-16(17)12-21-19(20-4)22-10-11-24-18(13-22)15(2)3;/h6-9,15,18H,5,10-14H2,1-4H3,(H,20,21);1H. The highest BCUT2D eigenvalue weighted by atomic mass is 127. The Kier molecular flexibility index (Phi) is 10.8. The minimum Gasteiger partial charge on any atom is -0.377 e. The van der Waals surface area contributed by atoms with Crippen LogP contribution in [-0.2, 0) is 17.9 Å². The first kappa shape index (κ1) is 22.6. The van der Waals surface area contributed by atoms with E-state index >= 15 is 0 Å². The molecule has 25 heavy (non-hydrogen) atoms. The minimum atomic E-state index is 0. The van der Waals surface area contributed by atoms with Gasteiger partial charge in [0.05, 0.1) is 6.61 Å². The van der Waals surface area contributed by atoms with Gasteiger partial charge < -0.3 is 15.0 Å². The average molecular weight is 477 g/mol. The molecule has 0 amide bonds. The Morgan fingerprint density at radius 1 is 1.36 bits per heavy atom. The van der Waals surface area contributed by atoms with Crippen LogP contribution in [0.25, 0.3) is 0 Å². The molecule has 1 aliphatic rings. The van der Waals surface area contributed by atoms with Crippen molar-refractivity contribution in [3.8, 4) is 0 Å².